The van der Waals surface area contributed by atoms with Gasteiger partial charge in [-0.2, -0.15) is 61.5 Å². The maximum atomic E-state index is 13.0. The highest BCUT2D eigenvalue weighted by Gasteiger charge is 2.93. The van der Waals surface area contributed by atoms with Gasteiger partial charge in [0.25, 0.3) is 0 Å². The predicted octanol–water partition coefficient (Wildman–Crippen LogP) is 6.18. The molecular weight excluding hydrogens is 443 g/mol. The standard InChI is InChI=1S/C10H3F17/c1-2(11)4(14,15)6(18,19)8(22,23)10(26,27)9(24,25)7(20,21)5(16,17)3(12)13/h3H,1H2. The molecule has 0 heterocycles. The lowest BCUT2D eigenvalue weighted by atomic mass is 9.89. The summed E-state index contributed by atoms with van der Waals surface area (Å²) in [6.45, 7) is 1.33. The highest BCUT2D eigenvalue weighted by Crippen LogP contribution is 2.63. The Morgan fingerprint density at radius 1 is 0.519 bits per heavy atom. The van der Waals surface area contributed by atoms with Crippen molar-refractivity contribution in [3.63, 3.8) is 0 Å². The molecule has 17 heteroatoms. The van der Waals surface area contributed by atoms with Crippen molar-refractivity contribution in [3.8, 4) is 0 Å². The van der Waals surface area contributed by atoms with Crippen LogP contribution in [-0.2, 0) is 0 Å². The summed E-state index contributed by atoms with van der Waals surface area (Å²) in [6, 6.07) is 0. The van der Waals surface area contributed by atoms with Crippen molar-refractivity contribution in [1.82, 2.24) is 0 Å². The molecule has 0 aromatic rings. The number of alkyl halides is 16. The van der Waals surface area contributed by atoms with E-state index < -0.39 is 53.7 Å². The van der Waals surface area contributed by atoms with Gasteiger partial charge in [0.2, 0.25) is 0 Å². The second-order valence-corrected chi connectivity index (χ2v) is 4.77. The Bertz CT molecular complexity index is 570. The Hall–Kier alpha value is -1.45. The first-order valence-corrected chi connectivity index (χ1v) is 5.66. The molecule has 0 aliphatic carbocycles. The van der Waals surface area contributed by atoms with Crippen molar-refractivity contribution in [3.05, 3.63) is 12.4 Å². The number of hydrogen-bond donors (Lipinski definition) is 0. The predicted molar refractivity (Wildman–Crippen MR) is 50.9 cm³/mol. The second-order valence-electron chi connectivity index (χ2n) is 4.77. The first-order valence-electron chi connectivity index (χ1n) is 5.66. The molecule has 0 rings (SSSR count). The van der Waals surface area contributed by atoms with E-state index in [2.05, 4.69) is 0 Å². The molecule has 0 spiro atoms. The van der Waals surface area contributed by atoms with Crippen LogP contribution in [0.1, 0.15) is 0 Å². The van der Waals surface area contributed by atoms with Crippen LogP contribution in [0.4, 0.5) is 74.6 Å². The molecule has 0 amide bonds. The summed E-state index contributed by atoms with van der Waals surface area (Å²) in [5.74, 6) is -59.9. The van der Waals surface area contributed by atoms with Crippen LogP contribution in [0, 0.1) is 0 Å². The minimum atomic E-state index is -8.52. The zero-order valence-corrected chi connectivity index (χ0v) is 11.7. The normalized spacial score (nSPS) is 16.1. The third-order valence-corrected chi connectivity index (χ3v) is 3.01. The van der Waals surface area contributed by atoms with Crippen molar-refractivity contribution >= 4 is 0 Å². The summed E-state index contributed by atoms with van der Waals surface area (Å²) in [7, 11) is 0. The fourth-order valence-corrected chi connectivity index (χ4v) is 1.31. The van der Waals surface area contributed by atoms with Crippen molar-refractivity contribution in [2.75, 3.05) is 0 Å². The molecule has 0 bridgehead atoms. The maximum Gasteiger partial charge on any atom is 0.385 e. The minimum Gasteiger partial charge on any atom is -0.206 e. The average molecular weight is 446 g/mol. The van der Waals surface area contributed by atoms with Gasteiger partial charge in [-0.25, -0.2) is 13.2 Å². The van der Waals surface area contributed by atoms with Crippen molar-refractivity contribution in [1.29, 1.82) is 0 Å². The van der Waals surface area contributed by atoms with Crippen LogP contribution in [0.15, 0.2) is 12.4 Å². The quantitative estimate of drug-likeness (QED) is 0.391. The van der Waals surface area contributed by atoms with E-state index in [4.69, 9.17) is 0 Å². The van der Waals surface area contributed by atoms with Gasteiger partial charge in [0.05, 0.1) is 0 Å². The van der Waals surface area contributed by atoms with Crippen LogP contribution >= 0.6 is 0 Å². The van der Waals surface area contributed by atoms with Crippen LogP contribution in [0.5, 0.6) is 0 Å². The molecular formula is C10H3F17. The maximum absolute atomic E-state index is 13.0. The van der Waals surface area contributed by atoms with Gasteiger partial charge < -0.3 is 0 Å². The van der Waals surface area contributed by atoms with Crippen molar-refractivity contribution in [2.24, 2.45) is 0 Å². The Morgan fingerprint density at radius 2 is 0.778 bits per heavy atom. The Balaban J connectivity index is 6.66. The molecule has 0 radical (unpaired) electrons. The van der Waals surface area contributed by atoms with Gasteiger partial charge in [-0.05, 0) is 0 Å². The van der Waals surface area contributed by atoms with E-state index >= 15 is 0 Å². The summed E-state index contributed by atoms with van der Waals surface area (Å²) >= 11 is 0. The fraction of sp³-hybridized carbons (Fsp3) is 0.800. The smallest absolute Gasteiger partial charge is 0.206 e. The monoisotopic (exact) mass is 446 g/mol. The van der Waals surface area contributed by atoms with E-state index in [1.54, 1.807) is 0 Å². The molecule has 0 atom stereocenters. The lowest BCUT2D eigenvalue weighted by Crippen LogP contribution is -2.73. The molecule has 0 nitrogen and oxygen atoms in total. The molecule has 0 aromatic carbocycles. The topological polar surface area (TPSA) is 0 Å². The average Bonchev–Trinajstić information content (AvgIpc) is 2.45. The van der Waals surface area contributed by atoms with Gasteiger partial charge in [-0.15, -0.1) is 0 Å². The molecule has 0 aliphatic heterocycles. The van der Waals surface area contributed by atoms with Crippen LogP contribution in [0.3, 0.4) is 0 Å². The lowest BCUT2D eigenvalue weighted by molar-refractivity contribution is -0.445. The largest absolute Gasteiger partial charge is 0.385 e. The summed E-state index contributed by atoms with van der Waals surface area (Å²) in [6.07, 6.45) is -5.91. The van der Waals surface area contributed by atoms with Gasteiger partial charge in [-0.3, -0.25) is 0 Å². The fourth-order valence-electron chi connectivity index (χ4n) is 1.31. The third-order valence-electron chi connectivity index (χ3n) is 3.01. The molecule has 0 fully saturated rings. The van der Waals surface area contributed by atoms with E-state index in [1.807, 2.05) is 0 Å². The van der Waals surface area contributed by atoms with Gasteiger partial charge in [0, 0.05) is 0 Å². The van der Waals surface area contributed by atoms with Crippen LogP contribution in [0.25, 0.3) is 0 Å². The van der Waals surface area contributed by atoms with Crippen molar-refractivity contribution in [2.45, 2.75) is 47.9 Å². The van der Waals surface area contributed by atoms with E-state index in [0.717, 1.165) is 0 Å². The number of allylic oxidation sites excluding steroid dienone is 1. The third kappa shape index (κ3) is 3.00. The van der Waals surface area contributed by atoms with Gasteiger partial charge in [0.1, 0.15) is 0 Å². The molecule has 0 unspecified atom stereocenters. The molecule has 0 N–H and O–H groups in total. The molecule has 0 aliphatic rings. The number of halogens is 17. The Labute approximate surface area is 136 Å². The lowest BCUT2D eigenvalue weighted by Gasteiger charge is -2.42. The summed E-state index contributed by atoms with van der Waals surface area (Å²) in [5.41, 5.74) is 0. The summed E-state index contributed by atoms with van der Waals surface area (Å²) < 4.78 is 215. The van der Waals surface area contributed by atoms with E-state index in [-0.39, 0.29) is 0 Å². The van der Waals surface area contributed by atoms with E-state index in [1.165, 1.54) is 6.58 Å². The molecule has 27 heavy (non-hydrogen) atoms. The van der Waals surface area contributed by atoms with E-state index in [0.29, 0.717) is 0 Å². The number of rotatable bonds is 8. The molecule has 0 aromatic heterocycles. The zero-order valence-electron chi connectivity index (χ0n) is 11.7. The highest BCUT2D eigenvalue weighted by molar-refractivity contribution is 5.18. The first-order chi connectivity index (χ1) is 11.4. The van der Waals surface area contributed by atoms with Crippen LogP contribution < -0.4 is 0 Å². The van der Waals surface area contributed by atoms with Gasteiger partial charge >= 0.3 is 47.9 Å². The SMILES string of the molecule is C=C(F)C(F)(F)C(F)(F)C(F)(F)C(F)(F)C(F)(F)C(F)(F)C(F)(F)C(F)F. The van der Waals surface area contributed by atoms with Gasteiger partial charge in [0.15, 0.2) is 5.83 Å². The molecule has 0 saturated heterocycles. The summed E-state index contributed by atoms with van der Waals surface area (Å²) in [5, 5.41) is 0. The van der Waals surface area contributed by atoms with Crippen LogP contribution in [0.2, 0.25) is 0 Å². The molecule has 0 saturated carbocycles. The Morgan fingerprint density at radius 3 is 1.04 bits per heavy atom. The van der Waals surface area contributed by atoms with Crippen LogP contribution in [-0.4, -0.2) is 47.9 Å². The second kappa shape index (κ2) is 6.28. The van der Waals surface area contributed by atoms with Gasteiger partial charge in [-0.1, -0.05) is 6.58 Å². The number of hydrogen-bond acceptors (Lipinski definition) is 0. The minimum absolute atomic E-state index is 1.33. The molecule has 162 valence electrons. The van der Waals surface area contributed by atoms with Crippen molar-refractivity contribution < 1.29 is 74.6 Å². The Kier molecular flexibility index (Phi) is 5.95. The first kappa shape index (κ1) is 25.6. The zero-order chi connectivity index (χ0) is 22.7. The summed E-state index contributed by atoms with van der Waals surface area (Å²) in [4.78, 5) is 0. The van der Waals surface area contributed by atoms with E-state index in [9.17, 15) is 74.6 Å². The highest BCUT2D eigenvalue weighted by atomic mass is 19.4.